The molecule has 1 aromatic carbocycles. The van der Waals surface area contributed by atoms with Crippen molar-refractivity contribution in [3.05, 3.63) is 47.3 Å². The smallest absolute Gasteiger partial charge is 0.272 e. The number of hydrogen-bond donors (Lipinski definition) is 4. The van der Waals surface area contributed by atoms with E-state index in [1.807, 2.05) is 34.6 Å². The van der Waals surface area contributed by atoms with Gasteiger partial charge in [-0.2, -0.15) is 5.10 Å². The molecule has 0 bridgehead atoms. The largest absolute Gasteiger partial charge is 0.497 e. The molecule has 2 heterocycles. The minimum Gasteiger partial charge on any atom is -0.497 e. The van der Waals surface area contributed by atoms with Gasteiger partial charge in [0.1, 0.15) is 29.6 Å². The molecule has 1 aliphatic rings. The number of nitrogens with zero attached hydrogens (tertiary/aromatic N) is 3. The van der Waals surface area contributed by atoms with E-state index in [1.165, 1.54) is 4.90 Å². The summed E-state index contributed by atoms with van der Waals surface area (Å²) in [6.07, 6.45) is 0.439. The van der Waals surface area contributed by atoms with Gasteiger partial charge in [-0.05, 0) is 62.8 Å². The highest BCUT2D eigenvalue weighted by molar-refractivity contribution is 5.97. The van der Waals surface area contributed by atoms with Gasteiger partial charge in [-0.15, -0.1) is 0 Å². The summed E-state index contributed by atoms with van der Waals surface area (Å²) < 4.78 is 6.81. The van der Waals surface area contributed by atoms with Crippen molar-refractivity contribution in [1.29, 1.82) is 0 Å². The lowest BCUT2D eigenvalue weighted by atomic mass is 10.0. The molecule has 0 unspecified atom stereocenters. The van der Waals surface area contributed by atoms with Crippen LogP contribution >= 0.6 is 0 Å². The maximum Gasteiger partial charge on any atom is 0.272 e. The Labute approximate surface area is 271 Å². The average Bonchev–Trinajstić information content (AvgIpc) is 3.39. The standard InChI is InChI=1S/C33H49N7O6/c1-9-40-28(15-21(6)38-40)33(45)39-17-27(20(4)5)37-30(42)22(7)34-31(43)26(16-23-10-12-24(46-8)13-11-23)36-32(44)25(14-19(2)3)35-29(41)18-39/h10-13,15,19-20,22,25-27H,9,14,16-18H2,1-8H3,(H,34,43)(H,35,41)(H,36,44)(H,37,42)/t22-,25+,26+,27-/m1/s1. The van der Waals surface area contributed by atoms with Crippen LogP contribution in [-0.4, -0.2) is 88.6 Å². The maximum atomic E-state index is 13.9. The Kier molecular flexibility index (Phi) is 12.7. The molecule has 3 rings (SSSR count). The highest BCUT2D eigenvalue weighted by Gasteiger charge is 2.33. The van der Waals surface area contributed by atoms with Gasteiger partial charge in [-0.3, -0.25) is 28.7 Å². The van der Waals surface area contributed by atoms with Crippen molar-refractivity contribution < 1.29 is 28.7 Å². The Morgan fingerprint density at radius 2 is 1.61 bits per heavy atom. The van der Waals surface area contributed by atoms with E-state index < -0.39 is 53.7 Å². The zero-order chi connectivity index (χ0) is 34.1. The molecule has 13 nitrogen and oxygen atoms in total. The van der Waals surface area contributed by atoms with E-state index in [1.54, 1.807) is 56.0 Å². The minimum absolute atomic E-state index is 0.0193. The van der Waals surface area contributed by atoms with Gasteiger partial charge in [0, 0.05) is 25.6 Å². The van der Waals surface area contributed by atoms with Crippen LogP contribution in [-0.2, 0) is 32.1 Å². The number of benzene rings is 1. The van der Waals surface area contributed by atoms with E-state index in [2.05, 4.69) is 26.4 Å². The number of hydrogen-bond acceptors (Lipinski definition) is 7. The summed E-state index contributed by atoms with van der Waals surface area (Å²) in [6, 6.07) is 5.26. The number of aromatic nitrogens is 2. The third kappa shape index (κ3) is 9.79. The SMILES string of the molecule is CCn1nc(C)cc1C(=O)N1CC(=O)N[C@@H](CC(C)C)C(=O)N[C@@H](Cc2ccc(OC)cc2)C(=O)N[C@H](C)C(=O)N[C@@H](C(C)C)C1. The van der Waals surface area contributed by atoms with Crippen LogP contribution < -0.4 is 26.0 Å². The van der Waals surface area contributed by atoms with Gasteiger partial charge in [0.25, 0.3) is 5.91 Å². The van der Waals surface area contributed by atoms with E-state index >= 15 is 0 Å². The predicted octanol–water partition coefficient (Wildman–Crippen LogP) is 1.58. The summed E-state index contributed by atoms with van der Waals surface area (Å²) in [7, 11) is 1.55. The number of carbonyl (C=O) groups excluding carboxylic acids is 5. The first-order valence-electron chi connectivity index (χ1n) is 15.9. The number of rotatable bonds is 8. The second-order valence-corrected chi connectivity index (χ2v) is 12.6. The van der Waals surface area contributed by atoms with Crippen molar-refractivity contribution >= 4 is 29.5 Å². The van der Waals surface area contributed by atoms with Gasteiger partial charge >= 0.3 is 0 Å². The molecule has 4 atom stereocenters. The Hall–Kier alpha value is -4.42. The normalized spacial score (nSPS) is 22.0. The summed E-state index contributed by atoms with van der Waals surface area (Å²) >= 11 is 0. The van der Waals surface area contributed by atoms with Gasteiger partial charge < -0.3 is 30.9 Å². The summed E-state index contributed by atoms with van der Waals surface area (Å²) in [5, 5.41) is 15.7. The van der Waals surface area contributed by atoms with Crippen molar-refractivity contribution in [2.24, 2.45) is 11.8 Å². The van der Waals surface area contributed by atoms with E-state index in [4.69, 9.17) is 4.74 Å². The Morgan fingerprint density at radius 3 is 2.20 bits per heavy atom. The van der Waals surface area contributed by atoms with Crippen LogP contribution in [0.4, 0.5) is 0 Å². The van der Waals surface area contributed by atoms with Gasteiger partial charge in [-0.25, -0.2) is 0 Å². The molecule has 0 radical (unpaired) electrons. The van der Waals surface area contributed by atoms with Crippen LogP contribution in [0.3, 0.4) is 0 Å². The van der Waals surface area contributed by atoms with E-state index in [0.29, 0.717) is 30.1 Å². The fraction of sp³-hybridized carbons (Fsp3) is 0.576. The number of nitrogens with one attached hydrogen (secondary N) is 4. The van der Waals surface area contributed by atoms with Crippen LogP contribution in [0.1, 0.15) is 69.7 Å². The molecule has 1 saturated heterocycles. The van der Waals surface area contributed by atoms with Crippen molar-refractivity contribution in [3.63, 3.8) is 0 Å². The Bertz CT molecular complexity index is 1390. The van der Waals surface area contributed by atoms with Gasteiger partial charge in [0.05, 0.1) is 19.3 Å². The monoisotopic (exact) mass is 639 g/mol. The number of amides is 5. The molecule has 13 heteroatoms. The molecule has 0 saturated carbocycles. The molecule has 2 aromatic rings. The zero-order valence-corrected chi connectivity index (χ0v) is 28.2. The molecule has 46 heavy (non-hydrogen) atoms. The highest BCUT2D eigenvalue weighted by Crippen LogP contribution is 2.15. The second kappa shape index (κ2) is 16.2. The van der Waals surface area contributed by atoms with Gasteiger partial charge in [0.15, 0.2) is 0 Å². The molecule has 5 amide bonds. The molecular formula is C33H49N7O6. The molecule has 1 aromatic heterocycles. The molecule has 0 aliphatic carbocycles. The average molecular weight is 640 g/mol. The predicted molar refractivity (Wildman–Crippen MR) is 173 cm³/mol. The van der Waals surface area contributed by atoms with E-state index in [9.17, 15) is 24.0 Å². The molecular weight excluding hydrogens is 590 g/mol. The minimum atomic E-state index is -1.04. The van der Waals surface area contributed by atoms with Crippen LogP contribution in [0.5, 0.6) is 5.75 Å². The molecule has 252 valence electrons. The van der Waals surface area contributed by atoms with Gasteiger partial charge in [0.2, 0.25) is 23.6 Å². The number of ether oxygens (including phenoxy) is 1. The quantitative estimate of drug-likeness (QED) is 0.341. The van der Waals surface area contributed by atoms with Crippen LogP contribution in [0, 0.1) is 18.8 Å². The maximum absolute atomic E-state index is 13.9. The lowest BCUT2D eigenvalue weighted by Gasteiger charge is -2.31. The summed E-state index contributed by atoms with van der Waals surface area (Å²) in [6.45, 7) is 13.0. The van der Waals surface area contributed by atoms with Crippen LogP contribution in [0.2, 0.25) is 0 Å². The van der Waals surface area contributed by atoms with Crippen molar-refractivity contribution in [1.82, 2.24) is 35.9 Å². The third-order valence-electron chi connectivity index (χ3n) is 7.93. The van der Waals surface area contributed by atoms with Crippen molar-refractivity contribution in [3.8, 4) is 5.75 Å². The fourth-order valence-corrected chi connectivity index (χ4v) is 5.28. The highest BCUT2D eigenvalue weighted by atomic mass is 16.5. The molecule has 0 spiro atoms. The van der Waals surface area contributed by atoms with Gasteiger partial charge in [-0.1, -0.05) is 39.8 Å². The summed E-state index contributed by atoms with van der Waals surface area (Å²) in [5.74, 6) is -1.96. The fourth-order valence-electron chi connectivity index (χ4n) is 5.28. The molecule has 1 aliphatic heterocycles. The Balaban J connectivity index is 2.01. The zero-order valence-electron chi connectivity index (χ0n) is 28.2. The molecule has 4 N–H and O–H groups in total. The van der Waals surface area contributed by atoms with E-state index in [0.717, 1.165) is 5.56 Å². The Morgan fingerprint density at radius 1 is 0.957 bits per heavy atom. The first-order valence-corrected chi connectivity index (χ1v) is 15.9. The lowest BCUT2D eigenvalue weighted by molar-refractivity contribution is -0.133. The topological polar surface area (TPSA) is 164 Å². The van der Waals surface area contributed by atoms with Crippen LogP contribution in [0.25, 0.3) is 0 Å². The number of aryl methyl sites for hydroxylation is 2. The van der Waals surface area contributed by atoms with Crippen molar-refractivity contribution in [2.75, 3.05) is 20.2 Å². The van der Waals surface area contributed by atoms with Crippen LogP contribution in [0.15, 0.2) is 30.3 Å². The van der Waals surface area contributed by atoms with Crippen molar-refractivity contribution in [2.45, 2.75) is 92.0 Å². The summed E-state index contributed by atoms with van der Waals surface area (Å²) in [4.78, 5) is 69.5. The number of carbonyl (C=O) groups is 5. The summed E-state index contributed by atoms with van der Waals surface area (Å²) in [5.41, 5.74) is 1.73. The first-order chi connectivity index (χ1) is 21.7. The second-order valence-electron chi connectivity index (χ2n) is 12.6. The third-order valence-corrected chi connectivity index (χ3v) is 7.93. The lowest BCUT2D eigenvalue weighted by Crippen LogP contribution is -2.57. The number of methoxy groups -OCH3 is 1. The first kappa shape index (κ1) is 36.1. The molecule has 1 fully saturated rings. The van der Waals surface area contributed by atoms with E-state index in [-0.39, 0.29) is 31.3 Å².